The van der Waals surface area contributed by atoms with Crippen LogP contribution in [0.5, 0.6) is 0 Å². The number of hydrogen-bond donors (Lipinski definition) is 2. The molecular weight excluding hydrogens is 220 g/mol. The highest BCUT2D eigenvalue weighted by Crippen LogP contribution is 2.38. The van der Waals surface area contributed by atoms with E-state index in [4.69, 9.17) is 5.73 Å². The number of anilines is 1. The number of thioether (sulfide) groups is 1. The molecule has 1 unspecified atom stereocenters. The summed E-state index contributed by atoms with van der Waals surface area (Å²) in [6.07, 6.45) is 1.66. The van der Waals surface area contributed by atoms with Crippen LogP contribution in [0.4, 0.5) is 5.69 Å². The molecule has 0 fully saturated rings. The fourth-order valence-electron chi connectivity index (χ4n) is 1.86. The smallest absolute Gasteiger partial charge is 0.237 e. The molecule has 3 nitrogen and oxygen atoms in total. The Kier molecular flexibility index (Phi) is 3.51. The molecule has 0 spiro atoms. The summed E-state index contributed by atoms with van der Waals surface area (Å²) in [5.41, 5.74) is 7.70. The largest absolute Gasteiger partial charge is 0.330 e. The van der Waals surface area contributed by atoms with Crippen LogP contribution < -0.4 is 11.1 Å². The molecular formula is C12H16N2OS. The summed E-state index contributed by atoms with van der Waals surface area (Å²) >= 11 is 1.63. The second-order valence-electron chi connectivity index (χ2n) is 3.82. The number of hydrogen-bond acceptors (Lipinski definition) is 3. The number of nitrogens with two attached hydrogens (primary N) is 1. The van der Waals surface area contributed by atoms with Gasteiger partial charge in [-0.15, -0.1) is 11.8 Å². The molecule has 0 aromatic heterocycles. The highest BCUT2D eigenvalue weighted by atomic mass is 32.2. The van der Waals surface area contributed by atoms with Gasteiger partial charge in [0.15, 0.2) is 0 Å². The van der Waals surface area contributed by atoms with Crippen molar-refractivity contribution in [1.82, 2.24) is 0 Å². The third-order valence-electron chi connectivity index (χ3n) is 2.73. The van der Waals surface area contributed by atoms with Gasteiger partial charge < -0.3 is 11.1 Å². The molecule has 0 bridgehead atoms. The van der Waals surface area contributed by atoms with Gasteiger partial charge in [-0.2, -0.15) is 0 Å². The summed E-state index contributed by atoms with van der Waals surface area (Å²) in [5, 5.41) is 2.96. The molecule has 1 aliphatic heterocycles. The lowest BCUT2D eigenvalue weighted by Gasteiger charge is -2.25. The fraction of sp³-hybridized carbons (Fsp3) is 0.417. The van der Waals surface area contributed by atoms with Gasteiger partial charge in [0, 0.05) is 4.90 Å². The molecule has 1 aromatic carbocycles. The number of para-hydroxylation sites is 1. The Morgan fingerprint density at radius 1 is 1.50 bits per heavy atom. The van der Waals surface area contributed by atoms with Gasteiger partial charge in [0.2, 0.25) is 5.91 Å². The van der Waals surface area contributed by atoms with E-state index in [0.29, 0.717) is 6.54 Å². The summed E-state index contributed by atoms with van der Waals surface area (Å²) < 4.78 is 0. The molecule has 86 valence electrons. The number of carbonyl (C=O) groups excluding carboxylic acids is 1. The topological polar surface area (TPSA) is 55.1 Å². The van der Waals surface area contributed by atoms with Gasteiger partial charge in [0.25, 0.3) is 0 Å². The van der Waals surface area contributed by atoms with E-state index < -0.39 is 0 Å². The van der Waals surface area contributed by atoms with Crippen LogP contribution in [-0.4, -0.2) is 17.7 Å². The Hall–Kier alpha value is -1.000. The van der Waals surface area contributed by atoms with E-state index in [2.05, 4.69) is 24.4 Å². The summed E-state index contributed by atoms with van der Waals surface area (Å²) in [6.45, 7) is 2.65. The highest BCUT2D eigenvalue weighted by molar-refractivity contribution is 8.01. The van der Waals surface area contributed by atoms with Crippen LogP contribution in [0.3, 0.4) is 0 Å². The quantitative estimate of drug-likeness (QED) is 0.844. The van der Waals surface area contributed by atoms with Gasteiger partial charge in [-0.1, -0.05) is 19.1 Å². The van der Waals surface area contributed by atoms with Crippen molar-refractivity contribution in [3.8, 4) is 0 Å². The van der Waals surface area contributed by atoms with Crippen LogP contribution in [0, 0.1) is 0 Å². The van der Waals surface area contributed by atoms with Crippen LogP contribution in [0.25, 0.3) is 0 Å². The van der Waals surface area contributed by atoms with E-state index in [-0.39, 0.29) is 11.2 Å². The van der Waals surface area contributed by atoms with Crippen LogP contribution in [0.15, 0.2) is 23.1 Å². The summed E-state index contributed by atoms with van der Waals surface area (Å²) in [6, 6.07) is 6.16. The Morgan fingerprint density at radius 2 is 2.31 bits per heavy atom. The molecule has 0 aliphatic carbocycles. The van der Waals surface area contributed by atoms with Crippen molar-refractivity contribution in [1.29, 1.82) is 0 Å². The average molecular weight is 236 g/mol. The minimum atomic E-state index is -0.0374. The van der Waals surface area contributed by atoms with Crippen molar-refractivity contribution >= 4 is 23.4 Å². The van der Waals surface area contributed by atoms with Crippen LogP contribution in [0.1, 0.15) is 18.9 Å². The average Bonchev–Trinajstić information content (AvgIpc) is 2.30. The first-order valence-corrected chi connectivity index (χ1v) is 6.43. The predicted octanol–water partition coefficient (Wildman–Crippen LogP) is 2.01. The van der Waals surface area contributed by atoms with E-state index in [0.717, 1.165) is 23.4 Å². The summed E-state index contributed by atoms with van der Waals surface area (Å²) in [4.78, 5) is 13.0. The Labute approximate surface area is 99.8 Å². The first-order chi connectivity index (χ1) is 7.76. The lowest BCUT2D eigenvalue weighted by Crippen LogP contribution is -2.31. The van der Waals surface area contributed by atoms with Gasteiger partial charge in [-0.25, -0.2) is 0 Å². The number of carbonyl (C=O) groups is 1. The zero-order valence-corrected chi connectivity index (χ0v) is 10.1. The zero-order valence-electron chi connectivity index (χ0n) is 9.32. The Bertz CT molecular complexity index is 406. The molecule has 0 saturated heterocycles. The molecule has 1 aromatic rings. The third kappa shape index (κ3) is 2.08. The fourth-order valence-corrected chi connectivity index (χ4v) is 3.05. The van der Waals surface area contributed by atoms with Crippen LogP contribution >= 0.6 is 11.8 Å². The highest BCUT2D eigenvalue weighted by Gasteiger charge is 2.27. The SMILES string of the molecule is CCc1cccc2c1NC(=O)C(CCN)S2. The van der Waals surface area contributed by atoms with Crippen LogP contribution in [0.2, 0.25) is 0 Å². The molecule has 0 saturated carbocycles. The molecule has 2 rings (SSSR count). The Morgan fingerprint density at radius 3 is 3.00 bits per heavy atom. The maximum atomic E-state index is 11.8. The van der Waals surface area contributed by atoms with Gasteiger partial charge in [0.1, 0.15) is 0 Å². The molecule has 3 N–H and O–H groups in total. The van der Waals surface area contributed by atoms with Gasteiger partial charge in [-0.05, 0) is 31.0 Å². The molecule has 4 heteroatoms. The normalized spacial score (nSPS) is 19.1. The van der Waals surface area contributed by atoms with Gasteiger partial charge in [0.05, 0.1) is 10.9 Å². The number of rotatable bonds is 3. The Balaban J connectivity index is 2.30. The number of nitrogens with one attached hydrogen (secondary N) is 1. The number of fused-ring (bicyclic) bond motifs is 1. The molecule has 1 atom stereocenters. The van der Waals surface area contributed by atoms with Crippen molar-refractivity contribution in [2.45, 2.75) is 29.9 Å². The van der Waals surface area contributed by atoms with Crippen molar-refractivity contribution in [2.75, 3.05) is 11.9 Å². The minimum absolute atomic E-state index is 0.0374. The van der Waals surface area contributed by atoms with E-state index in [9.17, 15) is 4.79 Å². The number of aryl methyl sites for hydroxylation is 1. The standard InChI is InChI=1S/C12H16N2OS/c1-2-8-4-3-5-9-11(8)14-12(15)10(16-9)6-7-13/h3-5,10H,2,6-7,13H2,1H3,(H,14,15). The lowest BCUT2D eigenvalue weighted by molar-refractivity contribution is -0.115. The first kappa shape index (κ1) is 11.5. The summed E-state index contributed by atoms with van der Waals surface area (Å²) in [7, 11) is 0. The molecule has 1 amide bonds. The number of benzene rings is 1. The maximum Gasteiger partial charge on any atom is 0.237 e. The van der Waals surface area contributed by atoms with Crippen LogP contribution in [-0.2, 0) is 11.2 Å². The van der Waals surface area contributed by atoms with Crippen molar-refractivity contribution in [3.05, 3.63) is 23.8 Å². The van der Waals surface area contributed by atoms with Gasteiger partial charge in [-0.3, -0.25) is 4.79 Å². The lowest BCUT2D eigenvalue weighted by atomic mass is 10.1. The van der Waals surface area contributed by atoms with E-state index in [1.165, 1.54) is 5.56 Å². The number of amides is 1. The maximum absolute atomic E-state index is 11.8. The second-order valence-corrected chi connectivity index (χ2v) is 5.06. The molecule has 1 aliphatic rings. The first-order valence-electron chi connectivity index (χ1n) is 5.55. The van der Waals surface area contributed by atoms with Crippen molar-refractivity contribution in [2.24, 2.45) is 5.73 Å². The minimum Gasteiger partial charge on any atom is -0.330 e. The van der Waals surface area contributed by atoms with Gasteiger partial charge >= 0.3 is 0 Å². The molecule has 0 radical (unpaired) electrons. The van der Waals surface area contributed by atoms with E-state index in [1.54, 1.807) is 11.8 Å². The summed E-state index contributed by atoms with van der Waals surface area (Å²) in [5.74, 6) is 0.0869. The predicted molar refractivity (Wildman–Crippen MR) is 67.8 cm³/mol. The van der Waals surface area contributed by atoms with E-state index >= 15 is 0 Å². The monoisotopic (exact) mass is 236 g/mol. The molecule has 16 heavy (non-hydrogen) atoms. The third-order valence-corrected chi connectivity index (χ3v) is 4.06. The van der Waals surface area contributed by atoms with Crippen molar-refractivity contribution < 1.29 is 4.79 Å². The second kappa shape index (κ2) is 4.89. The van der Waals surface area contributed by atoms with Crippen molar-refractivity contribution in [3.63, 3.8) is 0 Å². The zero-order chi connectivity index (χ0) is 11.5. The van der Waals surface area contributed by atoms with E-state index in [1.807, 2.05) is 6.07 Å². The molecule has 1 heterocycles.